The molecule has 0 aliphatic rings. The van der Waals surface area contributed by atoms with E-state index in [1.807, 2.05) is 72.1 Å². The minimum atomic E-state index is -0.329. The molecule has 40 heavy (non-hydrogen) atoms. The molecule has 8 heteroatoms. The van der Waals surface area contributed by atoms with Gasteiger partial charge in [0.25, 0.3) is 5.91 Å². The van der Waals surface area contributed by atoms with E-state index in [1.165, 1.54) is 23.1 Å². The molecule has 5 rings (SSSR count). The van der Waals surface area contributed by atoms with Crippen LogP contribution in [0.15, 0.2) is 108 Å². The van der Waals surface area contributed by atoms with E-state index >= 15 is 0 Å². The summed E-state index contributed by atoms with van der Waals surface area (Å²) in [5.41, 5.74) is 9.05. The lowest BCUT2D eigenvalue weighted by Crippen LogP contribution is -2.17. The molecule has 1 amide bonds. The van der Waals surface area contributed by atoms with Gasteiger partial charge in [-0.25, -0.2) is 10.4 Å². The summed E-state index contributed by atoms with van der Waals surface area (Å²) in [4.78, 5) is 17.3. The van der Waals surface area contributed by atoms with Crippen LogP contribution in [-0.2, 0) is 6.61 Å². The summed E-state index contributed by atoms with van der Waals surface area (Å²) in [5, 5.41) is 19.5. The normalized spacial score (nSPS) is 10.7. The van der Waals surface area contributed by atoms with Crippen LogP contribution >= 0.6 is 11.3 Å². The van der Waals surface area contributed by atoms with Crippen molar-refractivity contribution in [3.63, 3.8) is 0 Å². The van der Waals surface area contributed by atoms with Gasteiger partial charge in [-0.3, -0.25) is 4.79 Å². The maximum absolute atomic E-state index is 12.7. The number of nitriles is 1. The molecule has 196 valence electrons. The number of anilines is 2. The summed E-state index contributed by atoms with van der Waals surface area (Å²) < 4.78 is 5.94. The molecular weight excluding hydrogens is 518 g/mol. The van der Waals surface area contributed by atoms with E-state index in [-0.39, 0.29) is 12.5 Å². The Balaban J connectivity index is 1.18. The van der Waals surface area contributed by atoms with Gasteiger partial charge in [0.15, 0.2) is 5.13 Å². The van der Waals surface area contributed by atoms with Gasteiger partial charge in [0.1, 0.15) is 12.4 Å². The first kappa shape index (κ1) is 26.4. The molecule has 7 nitrogen and oxygen atoms in total. The third kappa shape index (κ3) is 6.59. The van der Waals surface area contributed by atoms with Gasteiger partial charge < -0.3 is 10.1 Å². The van der Waals surface area contributed by atoms with E-state index in [4.69, 9.17) is 4.74 Å². The van der Waals surface area contributed by atoms with Crippen LogP contribution in [-0.4, -0.2) is 17.1 Å². The number of carbonyl (C=O) groups excluding carboxylic acids is 1. The van der Waals surface area contributed by atoms with Gasteiger partial charge in [0, 0.05) is 33.3 Å². The fraction of sp³-hybridized carbons (Fsp3) is 0.0625. The summed E-state index contributed by atoms with van der Waals surface area (Å²) in [6, 6.07) is 32.2. The average Bonchev–Trinajstić information content (AvgIpc) is 3.46. The van der Waals surface area contributed by atoms with Gasteiger partial charge in [-0.05, 0) is 49.4 Å². The number of aryl methyl sites for hydroxylation is 1. The molecule has 1 heterocycles. The Labute approximate surface area is 236 Å². The molecule has 1 aromatic heterocycles. The van der Waals surface area contributed by atoms with Crippen molar-refractivity contribution in [3.05, 3.63) is 130 Å². The predicted molar refractivity (Wildman–Crippen MR) is 159 cm³/mol. The topological polar surface area (TPSA) is 99.4 Å². The fourth-order valence-electron chi connectivity index (χ4n) is 3.87. The van der Waals surface area contributed by atoms with Gasteiger partial charge >= 0.3 is 0 Å². The first-order chi connectivity index (χ1) is 19.6. The molecule has 0 aliphatic carbocycles. The van der Waals surface area contributed by atoms with Gasteiger partial charge in [0.2, 0.25) is 0 Å². The molecule has 5 aromatic rings. The van der Waals surface area contributed by atoms with Crippen molar-refractivity contribution < 1.29 is 9.53 Å². The maximum atomic E-state index is 12.7. The third-order valence-corrected chi connectivity index (χ3v) is 6.82. The second kappa shape index (κ2) is 12.5. The van der Waals surface area contributed by atoms with Gasteiger partial charge in [-0.1, -0.05) is 60.2 Å². The van der Waals surface area contributed by atoms with Crippen LogP contribution in [0.3, 0.4) is 0 Å². The molecule has 4 aromatic carbocycles. The second-order valence-electron chi connectivity index (χ2n) is 8.90. The molecule has 2 N–H and O–H groups in total. The highest BCUT2D eigenvalue weighted by Crippen LogP contribution is 2.27. The third-order valence-electron chi connectivity index (χ3n) is 6.06. The molecule has 0 fully saturated rings. The minimum Gasteiger partial charge on any atom is -0.488 e. The molecule has 0 saturated carbocycles. The van der Waals surface area contributed by atoms with Crippen LogP contribution in [0.4, 0.5) is 10.8 Å². The van der Waals surface area contributed by atoms with E-state index in [9.17, 15) is 10.1 Å². The molecule has 0 aliphatic heterocycles. The monoisotopic (exact) mass is 543 g/mol. The SMILES string of the molecule is Cc1ccc(Nc2nc(-c3ccc(C(=O)N/N=C\c4ccccc4OCc4ccccc4C#N)cc3)cs2)cc1. The lowest BCUT2D eigenvalue weighted by atomic mass is 10.1. The van der Waals surface area contributed by atoms with Crippen molar-refractivity contribution in [3.8, 4) is 23.1 Å². The molecule has 0 atom stereocenters. The van der Waals surface area contributed by atoms with E-state index < -0.39 is 0 Å². The fourth-order valence-corrected chi connectivity index (χ4v) is 4.61. The Morgan fingerprint density at radius 2 is 1.75 bits per heavy atom. The quantitative estimate of drug-likeness (QED) is 0.153. The van der Waals surface area contributed by atoms with Crippen LogP contribution in [0.5, 0.6) is 5.75 Å². The highest BCUT2D eigenvalue weighted by Gasteiger charge is 2.09. The number of aromatic nitrogens is 1. The van der Waals surface area contributed by atoms with E-state index in [2.05, 4.69) is 46.0 Å². The Kier molecular flexibility index (Phi) is 8.25. The number of nitrogens with one attached hydrogen (secondary N) is 2. The smallest absolute Gasteiger partial charge is 0.271 e. The maximum Gasteiger partial charge on any atom is 0.271 e. The highest BCUT2D eigenvalue weighted by molar-refractivity contribution is 7.14. The zero-order chi connectivity index (χ0) is 27.7. The zero-order valence-electron chi connectivity index (χ0n) is 21.7. The van der Waals surface area contributed by atoms with Gasteiger partial charge in [-0.15, -0.1) is 11.3 Å². The predicted octanol–water partition coefficient (Wildman–Crippen LogP) is 7.08. The summed E-state index contributed by atoms with van der Waals surface area (Å²) in [6.07, 6.45) is 1.54. The number of rotatable bonds is 9. The molecular formula is C32H25N5O2S. The number of hydrazone groups is 1. The number of amides is 1. The first-order valence-electron chi connectivity index (χ1n) is 12.5. The minimum absolute atomic E-state index is 0.246. The number of ether oxygens (including phenoxy) is 1. The van der Waals surface area contributed by atoms with Gasteiger partial charge in [0.05, 0.1) is 23.5 Å². The molecule has 0 saturated heterocycles. The lowest BCUT2D eigenvalue weighted by Gasteiger charge is -2.10. The van der Waals surface area contributed by atoms with Crippen LogP contribution in [0.1, 0.15) is 32.6 Å². The van der Waals surface area contributed by atoms with Crippen molar-refractivity contribution in [2.75, 3.05) is 5.32 Å². The Morgan fingerprint density at radius 3 is 2.55 bits per heavy atom. The molecule has 0 spiro atoms. The average molecular weight is 544 g/mol. The Hall–Kier alpha value is -5.26. The van der Waals surface area contributed by atoms with Crippen molar-refractivity contribution in [1.29, 1.82) is 5.26 Å². The van der Waals surface area contributed by atoms with Crippen molar-refractivity contribution >= 4 is 34.3 Å². The van der Waals surface area contributed by atoms with Crippen LogP contribution in [0.2, 0.25) is 0 Å². The van der Waals surface area contributed by atoms with Crippen molar-refractivity contribution in [2.45, 2.75) is 13.5 Å². The largest absolute Gasteiger partial charge is 0.488 e. The second-order valence-corrected chi connectivity index (χ2v) is 9.76. The summed E-state index contributed by atoms with van der Waals surface area (Å²) in [6.45, 7) is 2.30. The summed E-state index contributed by atoms with van der Waals surface area (Å²) >= 11 is 1.52. The lowest BCUT2D eigenvalue weighted by molar-refractivity contribution is 0.0955. The van der Waals surface area contributed by atoms with Crippen LogP contribution in [0.25, 0.3) is 11.3 Å². The standard InChI is InChI=1S/C32H25N5O2S/c1-22-10-16-28(17-11-22)35-32-36-29(21-40-32)23-12-14-24(15-13-23)31(38)37-34-19-26-7-4-5-9-30(26)39-20-27-8-3-2-6-25(27)18-33/h2-17,19,21H,20H2,1H3,(H,35,36)(H,37,38)/b34-19-. The Morgan fingerprint density at radius 1 is 1.00 bits per heavy atom. The number of carbonyl (C=O) groups is 1. The van der Waals surface area contributed by atoms with Crippen LogP contribution in [0, 0.1) is 18.3 Å². The number of nitrogens with zero attached hydrogens (tertiary/aromatic N) is 3. The number of hydrogen-bond acceptors (Lipinski definition) is 7. The molecule has 0 bridgehead atoms. The number of benzene rings is 4. The van der Waals surface area contributed by atoms with E-state index in [1.54, 1.807) is 18.2 Å². The molecule has 0 unspecified atom stereocenters. The Bertz CT molecular complexity index is 1690. The van der Waals surface area contributed by atoms with Crippen LogP contribution < -0.4 is 15.5 Å². The zero-order valence-corrected chi connectivity index (χ0v) is 22.5. The highest BCUT2D eigenvalue weighted by atomic mass is 32.1. The summed E-state index contributed by atoms with van der Waals surface area (Å²) in [5.74, 6) is 0.265. The number of para-hydroxylation sites is 1. The molecule has 0 radical (unpaired) electrons. The van der Waals surface area contributed by atoms with Crippen molar-refractivity contribution in [1.82, 2.24) is 10.4 Å². The summed E-state index contributed by atoms with van der Waals surface area (Å²) in [7, 11) is 0. The number of thiazole rings is 1. The van der Waals surface area contributed by atoms with E-state index in [0.29, 0.717) is 22.4 Å². The van der Waals surface area contributed by atoms with Gasteiger partial charge in [-0.2, -0.15) is 10.4 Å². The van der Waals surface area contributed by atoms with E-state index in [0.717, 1.165) is 27.6 Å². The number of hydrogen-bond donors (Lipinski definition) is 2. The van der Waals surface area contributed by atoms with Crippen molar-refractivity contribution in [2.24, 2.45) is 5.10 Å². The first-order valence-corrected chi connectivity index (χ1v) is 13.4.